The molecule has 0 saturated carbocycles. The van der Waals surface area contributed by atoms with Crippen molar-refractivity contribution in [1.82, 2.24) is 5.32 Å². The average Bonchev–Trinajstić information content (AvgIpc) is 2.64. The summed E-state index contributed by atoms with van der Waals surface area (Å²) in [4.78, 5) is 14.3. The van der Waals surface area contributed by atoms with E-state index in [1.807, 2.05) is 72.8 Å². The summed E-state index contributed by atoms with van der Waals surface area (Å²) >= 11 is 1.62. The Morgan fingerprint density at radius 1 is 0.880 bits per heavy atom. The molecule has 4 nitrogen and oxygen atoms in total. The van der Waals surface area contributed by atoms with Crippen molar-refractivity contribution in [3.8, 4) is 0 Å². The lowest BCUT2D eigenvalue weighted by Crippen LogP contribution is -2.28. The van der Waals surface area contributed by atoms with Gasteiger partial charge in [0.15, 0.2) is 0 Å². The van der Waals surface area contributed by atoms with E-state index < -0.39 is 0 Å². The molecule has 0 aliphatic rings. The van der Waals surface area contributed by atoms with Crippen molar-refractivity contribution in [2.75, 3.05) is 11.1 Å². The molecule has 25 heavy (non-hydrogen) atoms. The molecule has 5 heteroatoms. The van der Waals surface area contributed by atoms with Crippen LogP contribution in [0.5, 0.6) is 0 Å². The van der Waals surface area contributed by atoms with Crippen molar-refractivity contribution in [1.29, 1.82) is 0 Å². The number of amides is 2. The molecule has 0 saturated heterocycles. The molecule has 3 aromatic rings. The number of nitrogens with one attached hydrogen (secondary N) is 2. The number of carbonyl (C=O) groups excluding carboxylic acids is 1. The molecule has 0 atom stereocenters. The first-order chi connectivity index (χ1) is 12.2. The van der Waals surface area contributed by atoms with Crippen LogP contribution in [-0.2, 0) is 6.54 Å². The molecule has 3 aromatic carbocycles. The molecular formula is C20H19N3OS. The largest absolute Gasteiger partial charge is 0.397 e. The van der Waals surface area contributed by atoms with Crippen LogP contribution in [0.4, 0.5) is 16.2 Å². The van der Waals surface area contributed by atoms with E-state index in [2.05, 4.69) is 10.6 Å². The van der Waals surface area contributed by atoms with Crippen LogP contribution in [0.25, 0.3) is 0 Å². The lowest BCUT2D eigenvalue weighted by atomic mass is 10.2. The number of hydrogen-bond acceptors (Lipinski definition) is 3. The summed E-state index contributed by atoms with van der Waals surface area (Å²) in [6, 6.07) is 25.2. The predicted octanol–water partition coefficient (Wildman–Crippen LogP) is 4.74. The van der Waals surface area contributed by atoms with Crippen molar-refractivity contribution >= 4 is 29.2 Å². The van der Waals surface area contributed by atoms with Gasteiger partial charge in [0, 0.05) is 16.3 Å². The van der Waals surface area contributed by atoms with E-state index in [0.717, 1.165) is 15.4 Å². The fourth-order valence-corrected chi connectivity index (χ4v) is 3.15. The highest BCUT2D eigenvalue weighted by atomic mass is 32.2. The van der Waals surface area contributed by atoms with Crippen LogP contribution >= 0.6 is 11.8 Å². The molecule has 0 aromatic heterocycles. The molecule has 0 radical (unpaired) electrons. The van der Waals surface area contributed by atoms with Gasteiger partial charge in [0.1, 0.15) is 0 Å². The highest BCUT2D eigenvalue weighted by Gasteiger charge is 2.07. The fraction of sp³-hybridized carbons (Fsp3) is 0.0500. The Balaban J connectivity index is 1.63. The van der Waals surface area contributed by atoms with Crippen molar-refractivity contribution in [3.63, 3.8) is 0 Å². The zero-order valence-corrected chi connectivity index (χ0v) is 14.4. The van der Waals surface area contributed by atoms with Gasteiger partial charge in [0.25, 0.3) is 0 Å². The number of nitrogen functional groups attached to an aromatic ring is 1. The third-order valence-electron chi connectivity index (χ3n) is 3.55. The molecular weight excluding hydrogens is 330 g/mol. The van der Waals surface area contributed by atoms with Crippen LogP contribution in [0.15, 0.2) is 88.7 Å². The highest BCUT2D eigenvalue weighted by molar-refractivity contribution is 7.99. The summed E-state index contributed by atoms with van der Waals surface area (Å²) in [6.07, 6.45) is 0. The van der Waals surface area contributed by atoms with Gasteiger partial charge in [-0.25, -0.2) is 4.79 Å². The fourth-order valence-electron chi connectivity index (χ4n) is 2.28. The minimum atomic E-state index is -0.280. The molecule has 126 valence electrons. The Bertz CT molecular complexity index is 838. The Morgan fingerprint density at radius 3 is 2.28 bits per heavy atom. The number of urea groups is 1. The second-order valence-corrected chi connectivity index (χ2v) is 6.60. The summed E-state index contributed by atoms with van der Waals surface area (Å²) in [6.45, 7) is 0.463. The third kappa shape index (κ3) is 5.02. The summed E-state index contributed by atoms with van der Waals surface area (Å²) in [5.41, 5.74) is 8.17. The molecule has 4 N–H and O–H groups in total. The maximum absolute atomic E-state index is 12.1. The number of anilines is 2. The monoisotopic (exact) mass is 349 g/mol. The summed E-state index contributed by atoms with van der Waals surface area (Å²) in [7, 11) is 0. The Morgan fingerprint density at radius 2 is 1.56 bits per heavy atom. The summed E-state index contributed by atoms with van der Waals surface area (Å²) < 4.78 is 0. The van der Waals surface area contributed by atoms with E-state index in [1.54, 1.807) is 17.8 Å². The number of hydrogen-bond donors (Lipinski definition) is 3. The first-order valence-corrected chi connectivity index (χ1v) is 8.73. The maximum atomic E-state index is 12.1. The third-order valence-corrected chi connectivity index (χ3v) is 4.55. The molecule has 0 fully saturated rings. The Labute approximate surface area is 151 Å². The second-order valence-electron chi connectivity index (χ2n) is 5.46. The average molecular weight is 349 g/mol. The molecule has 3 rings (SSSR count). The van der Waals surface area contributed by atoms with Crippen LogP contribution in [0.3, 0.4) is 0 Å². The minimum Gasteiger partial charge on any atom is -0.397 e. The number of nitrogens with two attached hydrogens (primary N) is 1. The van der Waals surface area contributed by atoms with E-state index in [1.165, 1.54) is 0 Å². The van der Waals surface area contributed by atoms with Crippen molar-refractivity contribution in [2.24, 2.45) is 0 Å². The maximum Gasteiger partial charge on any atom is 0.319 e. The standard InChI is InChI=1S/C20H19N3OS/c21-18-12-11-17(25-16-9-5-2-6-10-16)13-19(18)23-20(24)22-14-15-7-3-1-4-8-15/h1-13H,14,21H2,(H2,22,23,24). The number of rotatable bonds is 5. The van der Waals surface area contributed by atoms with Crippen molar-refractivity contribution in [2.45, 2.75) is 16.3 Å². The second kappa shape index (κ2) is 8.26. The van der Waals surface area contributed by atoms with Gasteiger partial charge in [-0.1, -0.05) is 60.3 Å². The first kappa shape index (κ1) is 16.9. The minimum absolute atomic E-state index is 0.280. The molecule has 2 amide bonds. The van der Waals surface area contributed by atoms with Gasteiger partial charge in [0.05, 0.1) is 11.4 Å². The number of carbonyl (C=O) groups is 1. The predicted molar refractivity (Wildman–Crippen MR) is 104 cm³/mol. The summed E-state index contributed by atoms with van der Waals surface area (Å²) in [5, 5.41) is 5.65. The van der Waals surface area contributed by atoms with Gasteiger partial charge in [-0.05, 0) is 35.9 Å². The van der Waals surface area contributed by atoms with Gasteiger partial charge in [-0.2, -0.15) is 0 Å². The van der Waals surface area contributed by atoms with Gasteiger partial charge in [-0.3, -0.25) is 0 Å². The van der Waals surface area contributed by atoms with E-state index in [0.29, 0.717) is 17.9 Å². The van der Waals surface area contributed by atoms with E-state index >= 15 is 0 Å². The molecule has 0 aliphatic carbocycles. The van der Waals surface area contributed by atoms with Gasteiger partial charge >= 0.3 is 6.03 Å². The van der Waals surface area contributed by atoms with Gasteiger partial charge in [0.2, 0.25) is 0 Å². The van der Waals surface area contributed by atoms with E-state index in [9.17, 15) is 4.79 Å². The lowest BCUT2D eigenvalue weighted by Gasteiger charge is -2.11. The van der Waals surface area contributed by atoms with Crippen LogP contribution in [0.2, 0.25) is 0 Å². The van der Waals surface area contributed by atoms with Crippen molar-refractivity contribution in [3.05, 3.63) is 84.4 Å². The van der Waals surface area contributed by atoms with Gasteiger partial charge in [-0.15, -0.1) is 0 Å². The van der Waals surface area contributed by atoms with Crippen molar-refractivity contribution < 1.29 is 4.79 Å². The highest BCUT2D eigenvalue weighted by Crippen LogP contribution is 2.31. The first-order valence-electron chi connectivity index (χ1n) is 7.92. The molecule has 0 aliphatic heterocycles. The lowest BCUT2D eigenvalue weighted by molar-refractivity contribution is 0.251. The van der Waals surface area contributed by atoms with Crippen LogP contribution < -0.4 is 16.4 Å². The summed E-state index contributed by atoms with van der Waals surface area (Å²) in [5.74, 6) is 0. The zero-order chi connectivity index (χ0) is 17.5. The topological polar surface area (TPSA) is 67.1 Å². The Kier molecular flexibility index (Phi) is 5.59. The van der Waals surface area contributed by atoms with Crippen LogP contribution in [0.1, 0.15) is 5.56 Å². The molecule has 0 unspecified atom stereocenters. The molecule has 0 heterocycles. The molecule has 0 spiro atoms. The van der Waals surface area contributed by atoms with Crippen LogP contribution in [-0.4, -0.2) is 6.03 Å². The zero-order valence-electron chi connectivity index (χ0n) is 13.6. The van der Waals surface area contributed by atoms with Crippen LogP contribution in [0, 0.1) is 0 Å². The normalized spacial score (nSPS) is 10.2. The van der Waals surface area contributed by atoms with E-state index in [-0.39, 0.29) is 6.03 Å². The smallest absolute Gasteiger partial charge is 0.319 e. The molecule has 0 bridgehead atoms. The Hall–Kier alpha value is -2.92. The quantitative estimate of drug-likeness (QED) is 0.583. The van der Waals surface area contributed by atoms with E-state index in [4.69, 9.17) is 5.73 Å². The SMILES string of the molecule is Nc1ccc(Sc2ccccc2)cc1NC(=O)NCc1ccccc1. The number of benzene rings is 3. The van der Waals surface area contributed by atoms with Gasteiger partial charge < -0.3 is 16.4 Å².